The van der Waals surface area contributed by atoms with Crippen molar-refractivity contribution in [3.63, 3.8) is 0 Å². The molecule has 0 aliphatic heterocycles. The first-order valence-corrected chi connectivity index (χ1v) is 11.0. The van der Waals surface area contributed by atoms with Crippen LogP contribution in [-0.4, -0.2) is 25.6 Å². The average Bonchev–Trinajstić information content (AvgIpc) is 2.60. The van der Waals surface area contributed by atoms with E-state index in [0.717, 1.165) is 12.1 Å². The molecule has 0 radical (unpaired) electrons. The summed E-state index contributed by atoms with van der Waals surface area (Å²) in [6, 6.07) is 5.86. The van der Waals surface area contributed by atoms with E-state index in [0.29, 0.717) is 0 Å². The highest BCUT2D eigenvalue weighted by Gasteiger charge is 2.46. The number of amides is 1. The van der Waals surface area contributed by atoms with Crippen molar-refractivity contribution < 1.29 is 39.9 Å². The number of ether oxygens (including phenoxy) is 1. The van der Waals surface area contributed by atoms with Gasteiger partial charge in [-0.1, -0.05) is 24.3 Å². The highest BCUT2D eigenvalue weighted by molar-refractivity contribution is 7.91. The van der Waals surface area contributed by atoms with Crippen LogP contribution in [0.25, 0.3) is 11.1 Å². The molecule has 5 nitrogen and oxygen atoms in total. The molecular formula is C21H22F5NO4S. The van der Waals surface area contributed by atoms with Gasteiger partial charge in [-0.25, -0.2) is 22.0 Å². The van der Waals surface area contributed by atoms with Crippen molar-refractivity contribution in [1.82, 2.24) is 5.32 Å². The van der Waals surface area contributed by atoms with Crippen molar-refractivity contribution in [2.24, 2.45) is 0 Å². The number of sulfone groups is 1. The minimum absolute atomic E-state index is 0.0254. The number of rotatable bonds is 5. The van der Waals surface area contributed by atoms with Crippen molar-refractivity contribution in [2.75, 3.05) is 0 Å². The molecular weight excluding hydrogens is 457 g/mol. The molecule has 0 bridgehead atoms. The molecule has 1 amide bonds. The van der Waals surface area contributed by atoms with E-state index in [2.05, 4.69) is 5.32 Å². The molecule has 0 saturated carbocycles. The Morgan fingerprint density at radius 1 is 1.06 bits per heavy atom. The van der Waals surface area contributed by atoms with Crippen LogP contribution in [-0.2, 0) is 20.3 Å². The fraction of sp³-hybridized carbons (Fsp3) is 0.381. The quantitative estimate of drug-likeness (QED) is 0.563. The molecule has 2 aromatic carbocycles. The van der Waals surface area contributed by atoms with Gasteiger partial charge in [0.15, 0.2) is 0 Å². The average molecular weight is 479 g/mol. The largest absolute Gasteiger partial charge is 0.497 e. The van der Waals surface area contributed by atoms with Crippen LogP contribution in [0.1, 0.15) is 44.9 Å². The van der Waals surface area contributed by atoms with Crippen molar-refractivity contribution in [1.29, 1.82) is 0 Å². The van der Waals surface area contributed by atoms with Crippen LogP contribution in [0.5, 0.6) is 0 Å². The SMILES string of the molecule is C[C@@H](NC(=O)OC(C)(C)C)c1ccc(-c2cccc(F)c2CS(=O)(=O)C(F)(F)F)cc1F. The van der Waals surface area contributed by atoms with Gasteiger partial charge in [-0.2, -0.15) is 13.2 Å². The van der Waals surface area contributed by atoms with E-state index in [1.54, 1.807) is 20.8 Å². The monoisotopic (exact) mass is 479 g/mol. The summed E-state index contributed by atoms with van der Waals surface area (Å²) < 4.78 is 95.6. The Labute approximate surface area is 182 Å². The lowest BCUT2D eigenvalue weighted by Gasteiger charge is -2.22. The molecule has 0 aromatic heterocycles. The Hall–Kier alpha value is -2.69. The van der Waals surface area contributed by atoms with Gasteiger partial charge in [0.1, 0.15) is 17.2 Å². The maximum absolute atomic E-state index is 14.7. The summed E-state index contributed by atoms with van der Waals surface area (Å²) in [5.41, 5.74) is -7.24. The Morgan fingerprint density at radius 2 is 1.69 bits per heavy atom. The third-order valence-electron chi connectivity index (χ3n) is 4.32. The van der Waals surface area contributed by atoms with Crippen LogP contribution >= 0.6 is 0 Å². The van der Waals surface area contributed by atoms with E-state index in [1.165, 1.54) is 31.2 Å². The smallest absolute Gasteiger partial charge is 0.444 e. The van der Waals surface area contributed by atoms with Gasteiger partial charge in [-0.05, 0) is 51.0 Å². The molecule has 176 valence electrons. The molecule has 0 heterocycles. The maximum Gasteiger partial charge on any atom is 0.497 e. The number of halogens is 5. The maximum atomic E-state index is 14.7. The van der Waals surface area contributed by atoms with E-state index in [-0.39, 0.29) is 16.7 Å². The van der Waals surface area contributed by atoms with Crippen LogP contribution in [0.3, 0.4) is 0 Å². The molecule has 32 heavy (non-hydrogen) atoms. The van der Waals surface area contributed by atoms with Crippen molar-refractivity contribution >= 4 is 15.9 Å². The van der Waals surface area contributed by atoms with Crippen molar-refractivity contribution in [3.05, 3.63) is 59.2 Å². The Morgan fingerprint density at radius 3 is 2.22 bits per heavy atom. The normalized spacial score (nSPS) is 13.5. The molecule has 0 aliphatic rings. The molecule has 2 aromatic rings. The first-order chi connectivity index (χ1) is 14.5. The zero-order chi connectivity index (χ0) is 24.5. The number of carbonyl (C=O) groups is 1. The molecule has 1 N–H and O–H groups in total. The van der Waals surface area contributed by atoms with Gasteiger partial charge in [-0.15, -0.1) is 0 Å². The Bertz CT molecular complexity index is 1110. The van der Waals surface area contributed by atoms with Crippen molar-refractivity contribution in [2.45, 2.75) is 50.6 Å². The number of nitrogens with one attached hydrogen (secondary N) is 1. The highest BCUT2D eigenvalue weighted by Crippen LogP contribution is 2.33. The number of alkyl halides is 3. The van der Waals surface area contributed by atoms with Gasteiger partial charge >= 0.3 is 11.6 Å². The lowest BCUT2D eigenvalue weighted by atomic mass is 9.97. The minimum Gasteiger partial charge on any atom is -0.444 e. The third kappa shape index (κ3) is 6.18. The highest BCUT2D eigenvalue weighted by atomic mass is 32.2. The van der Waals surface area contributed by atoms with Crippen LogP contribution in [0.2, 0.25) is 0 Å². The summed E-state index contributed by atoms with van der Waals surface area (Å²) in [7, 11) is -5.66. The summed E-state index contributed by atoms with van der Waals surface area (Å²) in [6.07, 6.45) is -0.779. The lowest BCUT2D eigenvalue weighted by molar-refractivity contribution is -0.0437. The van der Waals surface area contributed by atoms with E-state index in [4.69, 9.17) is 4.74 Å². The van der Waals surface area contributed by atoms with Crippen LogP contribution in [0, 0.1) is 11.6 Å². The molecule has 0 unspecified atom stereocenters. The third-order valence-corrected chi connectivity index (χ3v) is 5.69. The predicted molar refractivity (Wildman–Crippen MR) is 108 cm³/mol. The Balaban J connectivity index is 2.38. The number of alkyl carbamates (subject to hydrolysis) is 1. The van der Waals surface area contributed by atoms with Gasteiger partial charge in [0.05, 0.1) is 11.8 Å². The van der Waals surface area contributed by atoms with Crippen LogP contribution in [0.15, 0.2) is 36.4 Å². The fourth-order valence-corrected chi connectivity index (χ4v) is 3.69. The van der Waals surface area contributed by atoms with Gasteiger partial charge in [0, 0.05) is 11.1 Å². The minimum atomic E-state index is -5.66. The van der Waals surface area contributed by atoms with Gasteiger partial charge in [0.2, 0.25) is 0 Å². The number of carbonyl (C=O) groups excluding carboxylic acids is 1. The van der Waals surface area contributed by atoms with Crippen LogP contribution < -0.4 is 5.32 Å². The first-order valence-electron chi connectivity index (χ1n) is 9.37. The lowest BCUT2D eigenvalue weighted by Crippen LogP contribution is -2.34. The number of hydrogen-bond acceptors (Lipinski definition) is 4. The Kier molecular flexibility index (Phi) is 7.23. The molecule has 2 rings (SSSR count). The molecule has 0 spiro atoms. The second-order valence-electron chi connectivity index (χ2n) is 8.07. The summed E-state index contributed by atoms with van der Waals surface area (Å²) >= 11 is 0. The molecule has 0 fully saturated rings. The molecule has 0 saturated heterocycles. The second kappa shape index (κ2) is 9.05. The molecule has 1 atom stereocenters. The number of hydrogen-bond donors (Lipinski definition) is 1. The second-order valence-corrected chi connectivity index (χ2v) is 10.1. The number of benzene rings is 2. The van der Waals surface area contributed by atoms with Gasteiger partial charge in [-0.3, -0.25) is 0 Å². The molecule has 0 aliphatic carbocycles. The summed E-state index contributed by atoms with van der Waals surface area (Å²) in [6.45, 7) is 6.46. The zero-order valence-electron chi connectivity index (χ0n) is 17.7. The first kappa shape index (κ1) is 25.6. The van der Waals surface area contributed by atoms with Crippen molar-refractivity contribution in [3.8, 4) is 11.1 Å². The van der Waals surface area contributed by atoms with Crippen LogP contribution in [0.4, 0.5) is 26.7 Å². The van der Waals surface area contributed by atoms with Gasteiger partial charge in [0.25, 0.3) is 9.84 Å². The predicted octanol–water partition coefficient (Wildman–Crippen LogP) is 5.65. The van der Waals surface area contributed by atoms with Gasteiger partial charge < -0.3 is 10.1 Å². The van der Waals surface area contributed by atoms with E-state index >= 15 is 0 Å². The standard InChI is InChI=1S/C21H22F5NO4S/c1-12(27-19(28)31-20(2,3)4)14-9-8-13(10-18(14)23)15-6-5-7-17(22)16(15)11-32(29,30)21(24,25)26/h5-10,12H,11H2,1-4H3,(H,27,28)/t12-/m1/s1. The topological polar surface area (TPSA) is 72.5 Å². The van der Waals surface area contributed by atoms with E-state index in [1.807, 2.05) is 0 Å². The summed E-state index contributed by atoms with van der Waals surface area (Å²) in [4.78, 5) is 11.9. The summed E-state index contributed by atoms with van der Waals surface area (Å²) in [5, 5.41) is 2.46. The molecule has 11 heteroatoms. The van der Waals surface area contributed by atoms with E-state index in [9.17, 15) is 35.2 Å². The zero-order valence-corrected chi connectivity index (χ0v) is 18.5. The fourth-order valence-electron chi connectivity index (χ4n) is 2.86. The van der Waals surface area contributed by atoms with E-state index < -0.39 is 56.0 Å². The summed E-state index contributed by atoms with van der Waals surface area (Å²) in [5.74, 6) is -3.63.